The first-order chi connectivity index (χ1) is 6.08. The number of allylic oxidation sites excluding steroid dienone is 1. The summed E-state index contributed by atoms with van der Waals surface area (Å²) in [7, 11) is 0. The highest BCUT2D eigenvalue weighted by Gasteiger charge is 2.56. The summed E-state index contributed by atoms with van der Waals surface area (Å²) in [5.74, 6) is -6.69. The third-order valence-electron chi connectivity index (χ3n) is 1.40. The number of carbonyl (C=O) groups is 1. The summed E-state index contributed by atoms with van der Waals surface area (Å²) in [5, 5.41) is 9.96. The average Bonchev–Trinajstić information content (AvgIpc) is 1.97. The van der Waals surface area contributed by atoms with Crippen LogP contribution in [-0.2, 0) is 4.79 Å². The van der Waals surface area contributed by atoms with E-state index >= 15 is 0 Å². The second-order valence-corrected chi connectivity index (χ2v) is 2.58. The van der Waals surface area contributed by atoms with E-state index in [1.54, 1.807) is 0 Å². The number of carbonyl (C=O) groups excluding carboxylic acids is 1. The van der Waals surface area contributed by atoms with Gasteiger partial charge in [0.05, 0.1) is 5.97 Å². The molecular weight excluding hydrogens is 211 g/mol. The molecule has 0 unspecified atom stereocenters. The van der Waals surface area contributed by atoms with Gasteiger partial charge in [-0.3, -0.25) is 0 Å². The van der Waals surface area contributed by atoms with Crippen molar-refractivity contribution in [2.45, 2.75) is 25.4 Å². The Balaban J connectivity index is 4.55. The molecule has 0 fully saturated rings. The largest absolute Gasteiger partial charge is 0.545 e. The van der Waals surface area contributed by atoms with Crippen molar-refractivity contribution < 1.29 is 31.9 Å². The summed E-state index contributed by atoms with van der Waals surface area (Å²) < 4.78 is 59.0. The molecule has 0 rings (SSSR count). The van der Waals surface area contributed by atoms with Gasteiger partial charge in [0, 0.05) is 6.42 Å². The zero-order valence-corrected chi connectivity index (χ0v) is 6.99. The van der Waals surface area contributed by atoms with Gasteiger partial charge in [-0.15, -0.1) is 0 Å². The molecule has 0 aromatic carbocycles. The highest BCUT2D eigenvalue weighted by Crippen LogP contribution is 2.38. The third kappa shape index (κ3) is 3.31. The molecule has 0 bridgehead atoms. The van der Waals surface area contributed by atoms with E-state index in [4.69, 9.17) is 0 Å². The molecule has 0 amide bonds. The Morgan fingerprint density at radius 2 is 1.71 bits per heavy atom. The van der Waals surface area contributed by atoms with Crippen molar-refractivity contribution in [3.05, 3.63) is 11.6 Å². The smallest absolute Gasteiger partial charge is 0.453 e. The van der Waals surface area contributed by atoms with Crippen LogP contribution >= 0.6 is 0 Å². The number of aliphatic carboxylic acids is 1. The van der Waals surface area contributed by atoms with Gasteiger partial charge in [0.2, 0.25) is 0 Å². The highest BCUT2D eigenvalue weighted by molar-refractivity contribution is 5.83. The highest BCUT2D eigenvalue weighted by atomic mass is 19.4. The molecule has 0 aliphatic rings. The molecule has 0 spiro atoms. The Morgan fingerprint density at radius 3 is 2.00 bits per heavy atom. The van der Waals surface area contributed by atoms with Gasteiger partial charge in [-0.2, -0.15) is 22.0 Å². The molecule has 0 aliphatic carbocycles. The second kappa shape index (κ2) is 3.93. The number of hydrogen-bond donors (Lipinski definition) is 0. The molecule has 0 saturated heterocycles. The molecule has 0 heterocycles. The summed E-state index contributed by atoms with van der Waals surface area (Å²) in [5.41, 5.74) is -0.658. The first kappa shape index (κ1) is 12.9. The zero-order chi connectivity index (χ0) is 11.6. The molecule has 0 aromatic rings. The minimum atomic E-state index is -5.67. The first-order valence-electron chi connectivity index (χ1n) is 3.40. The molecular formula is C7H6F5O2-. The van der Waals surface area contributed by atoms with E-state index in [1.165, 1.54) is 0 Å². The lowest BCUT2D eigenvalue weighted by Crippen LogP contribution is -2.36. The summed E-state index contributed by atoms with van der Waals surface area (Å²) in [6, 6.07) is 0. The minimum absolute atomic E-state index is 0.281. The molecule has 0 radical (unpaired) electrons. The van der Waals surface area contributed by atoms with Gasteiger partial charge in [0.25, 0.3) is 0 Å². The fourth-order valence-electron chi connectivity index (χ4n) is 0.480. The van der Waals surface area contributed by atoms with Gasteiger partial charge in [-0.25, -0.2) is 0 Å². The molecule has 7 heteroatoms. The monoisotopic (exact) mass is 217 g/mol. The van der Waals surface area contributed by atoms with Gasteiger partial charge in [0.1, 0.15) is 0 Å². The minimum Gasteiger partial charge on any atom is -0.545 e. The maximum atomic E-state index is 12.2. The number of carboxylic acid groups (broad SMARTS) is 1. The van der Waals surface area contributed by atoms with Crippen LogP contribution in [0.4, 0.5) is 22.0 Å². The van der Waals surface area contributed by atoms with Gasteiger partial charge in [-0.05, 0) is 12.5 Å². The Morgan fingerprint density at radius 1 is 1.29 bits per heavy atom. The summed E-state index contributed by atoms with van der Waals surface area (Å²) in [6.45, 7) is 0.877. The lowest BCUT2D eigenvalue weighted by molar-refractivity contribution is -0.299. The van der Waals surface area contributed by atoms with Crippen LogP contribution in [0.1, 0.15) is 13.3 Å². The van der Waals surface area contributed by atoms with Crippen LogP contribution < -0.4 is 5.11 Å². The van der Waals surface area contributed by atoms with Crippen LogP contribution in [0.25, 0.3) is 0 Å². The Bertz CT molecular complexity index is 253. The predicted molar refractivity (Wildman–Crippen MR) is 34.4 cm³/mol. The fourth-order valence-corrected chi connectivity index (χ4v) is 0.480. The molecule has 14 heavy (non-hydrogen) atoms. The van der Waals surface area contributed by atoms with Crippen molar-refractivity contribution in [3.63, 3.8) is 0 Å². The number of hydrogen-bond acceptors (Lipinski definition) is 2. The molecule has 0 atom stereocenters. The maximum Gasteiger partial charge on any atom is 0.453 e. The number of alkyl halides is 5. The van der Waals surface area contributed by atoms with Crippen molar-refractivity contribution >= 4 is 5.97 Å². The van der Waals surface area contributed by atoms with Crippen LogP contribution in [0, 0.1) is 0 Å². The van der Waals surface area contributed by atoms with Crippen molar-refractivity contribution in [3.8, 4) is 0 Å². The SMILES string of the molecule is CC(=CCC(F)(F)C(F)(F)F)C(=O)[O-]. The Hall–Kier alpha value is -1.14. The third-order valence-corrected chi connectivity index (χ3v) is 1.40. The molecule has 82 valence electrons. The van der Waals surface area contributed by atoms with Crippen LogP contribution in [0.5, 0.6) is 0 Å². The van der Waals surface area contributed by atoms with Crippen molar-refractivity contribution in [2.75, 3.05) is 0 Å². The average molecular weight is 217 g/mol. The quantitative estimate of drug-likeness (QED) is 0.527. The van der Waals surface area contributed by atoms with E-state index in [1.807, 2.05) is 0 Å². The van der Waals surface area contributed by atoms with Crippen LogP contribution in [0.2, 0.25) is 0 Å². The van der Waals surface area contributed by atoms with E-state index in [9.17, 15) is 31.9 Å². The zero-order valence-electron chi connectivity index (χ0n) is 6.99. The molecule has 0 N–H and O–H groups in total. The number of rotatable bonds is 3. The lowest BCUT2D eigenvalue weighted by Gasteiger charge is -2.18. The van der Waals surface area contributed by atoms with Crippen molar-refractivity contribution in [2.24, 2.45) is 0 Å². The van der Waals surface area contributed by atoms with E-state index in [-0.39, 0.29) is 6.08 Å². The molecule has 0 aromatic heterocycles. The topological polar surface area (TPSA) is 40.1 Å². The maximum absolute atomic E-state index is 12.2. The van der Waals surface area contributed by atoms with Crippen LogP contribution in [0.15, 0.2) is 11.6 Å². The first-order valence-corrected chi connectivity index (χ1v) is 3.40. The van der Waals surface area contributed by atoms with E-state index < -0.39 is 30.1 Å². The van der Waals surface area contributed by atoms with E-state index in [2.05, 4.69) is 0 Å². The molecule has 0 aliphatic heterocycles. The predicted octanol–water partition coefficient (Wildman–Crippen LogP) is 1.27. The normalized spacial score (nSPS) is 14.3. The van der Waals surface area contributed by atoms with E-state index in [0.29, 0.717) is 0 Å². The van der Waals surface area contributed by atoms with Crippen LogP contribution in [-0.4, -0.2) is 18.1 Å². The number of carboxylic acids is 1. The summed E-state index contributed by atoms with van der Waals surface area (Å²) >= 11 is 0. The second-order valence-electron chi connectivity index (χ2n) is 2.58. The van der Waals surface area contributed by atoms with Crippen molar-refractivity contribution in [1.29, 1.82) is 0 Å². The van der Waals surface area contributed by atoms with Gasteiger partial charge < -0.3 is 9.90 Å². The Kier molecular flexibility index (Phi) is 3.61. The lowest BCUT2D eigenvalue weighted by atomic mass is 10.1. The molecule has 2 nitrogen and oxygen atoms in total. The van der Waals surface area contributed by atoms with Gasteiger partial charge in [-0.1, -0.05) is 6.08 Å². The summed E-state index contributed by atoms with van der Waals surface area (Å²) in [6.07, 6.45) is -7.09. The van der Waals surface area contributed by atoms with Crippen LogP contribution in [0.3, 0.4) is 0 Å². The summed E-state index contributed by atoms with van der Waals surface area (Å²) in [4.78, 5) is 9.96. The molecule has 0 saturated carbocycles. The van der Waals surface area contributed by atoms with E-state index in [0.717, 1.165) is 6.92 Å². The standard InChI is InChI=1S/C7H7F5O2/c1-4(5(13)14)2-3-6(8,9)7(10,11)12/h2H,3H2,1H3,(H,13,14)/p-1. The van der Waals surface area contributed by atoms with Gasteiger partial charge in [0.15, 0.2) is 0 Å². The van der Waals surface area contributed by atoms with Gasteiger partial charge >= 0.3 is 12.1 Å². The Labute approximate surface area is 76.0 Å². The van der Waals surface area contributed by atoms with Crippen molar-refractivity contribution in [1.82, 2.24) is 0 Å². The fraction of sp³-hybridized carbons (Fsp3) is 0.571. The number of halogens is 5.